The van der Waals surface area contributed by atoms with E-state index in [0.717, 1.165) is 12.4 Å². The highest BCUT2D eigenvalue weighted by Crippen LogP contribution is 2.34. The van der Waals surface area contributed by atoms with E-state index in [2.05, 4.69) is 73.3 Å². The molecule has 2 aliphatic heterocycles. The van der Waals surface area contributed by atoms with E-state index >= 15 is 0 Å². The van der Waals surface area contributed by atoms with Crippen LogP contribution >= 0.6 is 0 Å². The molecule has 0 radical (unpaired) electrons. The summed E-state index contributed by atoms with van der Waals surface area (Å²) in [5, 5.41) is 0. The lowest BCUT2D eigenvalue weighted by Crippen LogP contribution is -2.36. The largest absolute Gasteiger partial charge is 0.305 e. The standard InChI is InChI=1S/C16H18N2/c1-16(2,3)14-8-10-17-15-13-7-5-4-6-12(13)9-11-18(14)15/h4-9,11H,10H2,1-3H3. The molecular weight excluding hydrogens is 220 g/mol. The molecule has 0 amide bonds. The highest BCUT2D eigenvalue weighted by molar-refractivity contribution is 6.06. The molecule has 0 unspecified atom stereocenters. The molecule has 0 bridgehead atoms. The van der Waals surface area contributed by atoms with Crippen molar-refractivity contribution >= 4 is 11.9 Å². The molecule has 1 aromatic rings. The first-order valence-electron chi connectivity index (χ1n) is 6.39. The van der Waals surface area contributed by atoms with Gasteiger partial charge in [0.05, 0.1) is 6.54 Å². The van der Waals surface area contributed by atoms with Crippen LogP contribution in [0, 0.1) is 5.41 Å². The summed E-state index contributed by atoms with van der Waals surface area (Å²) >= 11 is 0. The Labute approximate surface area is 108 Å². The number of amidine groups is 1. The summed E-state index contributed by atoms with van der Waals surface area (Å²) in [7, 11) is 0. The fraction of sp³-hybridized carbons (Fsp3) is 0.312. The maximum absolute atomic E-state index is 4.67. The molecule has 3 rings (SSSR count). The first kappa shape index (κ1) is 11.3. The molecule has 0 fully saturated rings. The molecule has 1 aromatic carbocycles. The van der Waals surface area contributed by atoms with Gasteiger partial charge in [0, 0.05) is 22.9 Å². The second-order valence-electron chi connectivity index (χ2n) is 5.78. The molecule has 0 aliphatic carbocycles. The van der Waals surface area contributed by atoms with Crippen LogP contribution in [0.2, 0.25) is 0 Å². The van der Waals surface area contributed by atoms with E-state index in [-0.39, 0.29) is 5.41 Å². The van der Waals surface area contributed by atoms with Crippen LogP contribution in [0.5, 0.6) is 0 Å². The van der Waals surface area contributed by atoms with E-state index in [1.54, 1.807) is 0 Å². The first-order chi connectivity index (χ1) is 8.57. The lowest BCUT2D eigenvalue weighted by molar-refractivity contribution is 0.408. The van der Waals surface area contributed by atoms with Crippen LogP contribution in [0.1, 0.15) is 31.9 Å². The zero-order valence-corrected chi connectivity index (χ0v) is 11.1. The third-order valence-corrected chi connectivity index (χ3v) is 3.39. The van der Waals surface area contributed by atoms with Crippen molar-refractivity contribution in [2.45, 2.75) is 20.8 Å². The fourth-order valence-electron chi connectivity index (χ4n) is 2.54. The molecule has 0 aromatic heterocycles. The van der Waals surface area contributed by atoms with Gasteiger partial charge in [-0.2, -0.15) is 0 Å². The molecule has 18 heavy (non-hydrogen) atoms. The Morgan fingerprint density at radius 3 is 2.72 bits per heavy atom. The van der Waals surface area contributed by atoms with Crippen LogP contribution in [-0.4, -0.2) is 17.3 Å². The SMILES string of the molecule is CC(C)(C)C1=CCN=C2c3ccccc3C=CN12. The van der Waals surface area contributed by atoms with Gasteiger partial charge in [-0.3, -0.25) is 4.99 Å². The van der Waals surface area contributed by atoms with Gasteiger partial charge in [0.1, 0.15) is 5.84 Å². The maximum Gasteiger partial charge on any atom is 0.140 e. The van der Waals surface area contributed by atoms with Gasteiger partial charge < -0.3 is 4.90 Å². The van der Waals surface area contributed by atoms with Crippen LogP contribution < -0.4 is 0 Å². The van der Waals surface area contributed by atoms with Crippen LogP contribution in [0.4, 0.5) is 0 Å². The van der Waals surface area contributed by atoms with Gasteiger partial charge in [-0.05, 0) is 17.7 Å². The van der Waals surface area contributed by atoms with Crippen molar-refractivity contribution in [1.29, 1.82) is 0 Å². The average molecular weight is 238 g/mol. The number of benzene rings is 1. The third kappa shape index (κ3) is 1.69. The minimum atomic E-state index is 0.137. The zero-order chi connectivity index (χ0) is 12.8. The van der Waals surface area contributed by atoms with E-state index in [9.17, 15) is 0 Å². The Hall–Kier alpha value is -1.83. The van der Waals surface area contributed by atoms with Crippen LogP contribution in [0.25, 0.3) is 6.08 Å². The van der Waals surface area contributed by atoms with Crippen molar-refractivity contribution in [1.82, 2.24) is 4.90 Å². The number of hydrogen-bond acceptors (Lipinski definition) is 2. The van der Waals surface area contributed by atoms with Gasteiger partial charge in [0.25, 0.3) is 0 Å². The Bertz CT molecular complexity index is 571. The molecule has 0 saturated carbocycles. The normalized spacial score (nSPS) is 17.8. The van der Waals surface area contributed by atoms with E-state index < -0.39 is 0 Å². The number of rotatable bonds is 0. The van der Waals surface area contributed by atoms with E-state index in [1.165, 1.54) is 16.8 Å². The van der Waals surface area contributed by atoms with Gasteiger partial charge in [0.15, 0.2) is 0 Å². The molecule has 2 aliphatic rings. The summed E-state index contributed by atoms with van der Waals surface area (Å²) in [5.74, 6) is 1.08. The van der Waals surface area contributed by atoms with Gasteiger partial charge >= 0.3 is 0 Å². The summed E-state index contributed by atoms with van der Waals surface area (Å²) < 4.78 is 0. The minimum absolute atomic E-state index is 0.137. The lowest BCUT2D eigenvalue weighted by Gasteiger charge is -2.37. The van der Waals surface area contributed by atoms with E-state index in [0.29, 0.717) is 0 Å². The molecule has 2 heteroatoms. The van der Waals surface area contributed by atoms with Gasteiger partial charge in [-0.1, -0.05) is 45.0 Å². The fourth-order valence-corrected chi connectivity index (χ4v) is 2.54. The third-order valence-electron chi connectivity index (χ3n) is 3.39. The first-order valence-corrected chi connectivity index (χ1v) is 6.39. The predicted molar refractivity (Wildman–Crippen MR) is 76.3 cm³/mol. The molecule has 92 valence electrons. The second-order valence-corrected chi connectivity index (χ2v) is 5.78. The topological polar surface area (TPSA) is 15.6 Å². The molecule has 0 saturated heterocycles. The highest BCUT2D eigenvalue weighted by Gasteiger charge is 2.29. The summed E-state index contributed by atoms with van der Waals surface area (Å²) in [6.07, 6.45) is 6.53. The lowest BCUT2D eigenvalue weighted by atomic mass is 9.88. The number of fused-ring (bicyclic) bond motifs is 3. The van der Waals surface area contributed by atoms with Gasteiger partial charge in [-0.15, -0.1) is 0 Å². The van der Waals surface area contributed by atoms with Gasteiger partial charge in [0.2, 0.25) is 0 Å². The molecule has 0 spiro atoms. The smallest absolute Gasteiger partial charge is 0.140 e. The van der Waals surface area contributed by atoms with Crippen molar-refractivity contribution < 1.29 is 0 Å². The average Bonchev–Trinajstić information content (AvgIpc) is 2.36. The summed E-state index contributed by atoms with van der Waals surface area (Å²) in [5.41, 5.74) is 3.95. The predicted octanol–water partition coefficient (Wildman–Crippen LogP) is 3.66. The highest BCUT2D eigenvalue weighted by atomic mass is 15.2. The summed E-state index contributed by atoms with van der Waals surface area (Å²) in [6.45, 7) is 7.52. The molecule has 0 atom stereocenters. The Morgan fingerprint density at radius 1 is 1.17 bits per heavy atom. The van der Waals surface area contributed by atoms with Crippen LogP contribution in [-0.2, 0) is 0 Å². The summed E-state index contributed by atoms with van der Waals surface area (Å²) in [4.78, 5) is 6.90. The van der Waals surface area contributed by atoms with Crippen LogP contribution in [0.3, 0.4) is 0 Å². The van der Waals surface area contributed by atoms with Crippen molar-refractivity contribution in [3.05, 3.63) is 53.4 Å². The monoisotopic (exact) mass is 238 g/mol. The number of hydrogen-bond donors (Lipinski definition) is 0. The minimum Gasteiger partial charge on any atom is -0.305 e. The molecule has 2 nitrogen and oxygen atoms in total. The van der Waals surface area contributed by atoms with E-state index in [4.69, 9.17) is 0 Å². The van der Waals surface area contributed by atoms with Crippen molar-refractivity contribution in [3.8, 4) is 0 Å². The van der Waals surface area contributed by atoms with Crippen molar-refractivity contribution in [2.75, 3.05) is 6.54 Å². The Kier molecular flexibility index (Phi) is 2.40. The molecule has 2 heterocycles. The second kappa shape index (κ2) is 3.84. The van der Waals surface area contributed by atoms with E-state index in [1.807, 2.05) is 0 Å². The number of allylic oxidation sites excluding steroid dienone is 1. The van der Waals surface area contributed by atoms with Crippen molar-refractivity contribution in [3.63, 3.8) is 0 Å². The zero-order valence-electron chi connectivity index (χ0n) is 11.1. The molecule has 0 N–H and O–H groups in total. The Balaban J connectivity index is 2.09. The summed E-state index contributed by atoms with van der Waals surface area (Å²) in [6, 6.07) is 8.44. The number of nitrogens with zero attached hydrogens (tertiary/aromatic N) is 2. The quantitative estimate of drug-likeness (QED) is 0.673. The van der Waals surface area contributed by atoms with Crippen LogP contribution in [0.15, 0.2) is 47.2 Å². The maximum atomic E-state index is 4.67. The van der Waals surface area contributed by atoms with Gasteiger partial charge in [-0.25, -0.2) is 0 Å². The van der Waals surface area contributed by atoms with Crippen molar-refractivity contribution in [2.24, 2.45) is 10.4 Å². The number of aliphatic imine (C=N–C) groups is 1. The molecular formula is C16H18N2. The Morgan fingerprint density at radius 2 is 1.94 bits per heavy atom.